The van der Waals surface area contributed by atoms with E-state index in [0.29, 0.717) is 23.1 Å². The lowest BCUT2D eigenvalue weighted by Gasteiger charge is -2.12. The van der Waals surface area contributed by atoms with Crippen LogP contribution in [0.4, 0.5) is 5.69 Å². The lowest BCUT2D eigenvalue weighted by molar-refractivity contribution is -0.142. The van der Waals surface area contributed by atoms with Gasteiger partial charge in [0.25, 0.3) is 5.91 Å². The molecule has 7 heteroatoms. The van der Waals surface area contributed by atoms with Gasteiger partial charge in [-0.2, -0.15) is 0 Å². The van der Waals surface area contributed by atoms with Gasteiger partial charge in [-0.05, 0) is 49.2 Å². The van der Waals surface area contributed by atoms with Crippen molar-refractivity contribution in [2.45, 2.75) is 13.8 Å². The summed E-state index contributed by atoms with van der Waals surface area (Å²) in [6, 6.07) is 10.5. The predicted molar refractivity (Wildman–Crippen MR) is 109 cm³/mol. The summed E-state index contributed by atoms with van der Waals surface area (Å²) in [5.74, 6) is 0.0727. The number of amides is 1. The number of hydrogen-bond acceptors (Lipinski definition) is 5. The Balaban J connectivity index is 1.87. The molecule has 0 saturated heterocycles. The molecule has 2 aromatic rings. The molecule has 148 valence electrons. The highest BCUT2D eigenvalue weighted by atomic mass is 35.5. The number of methoxy groups -OCH3 is 1. The Hall–Kier alpha value is -2.99. The molecule has 1 amide bonds. The summed E-state index contributed by atoms with van der Waals surface area (Å²) < 4.78 is 15.5. The molecule has 0 bridgehead atoms. The van der Waals surface area contributed by atoms with Crippen molar-refractivity contribution >= 4 is 35.2 Å². The van der Waals surface area contributed by atoms with E-state index in [-0.39, 0.29) is 0 Å². The summed E-state index contributed by atoms with van der Waals surface area (Å²) in [5.41, 5.74) is 2.05. The van der Waals surface area contributed by atoms with Gasteiger partial charge in [-0.3, -0.25) is 4.79 Å². The van der Waals surface area contributed by atoms with Crippen LogP contribution in [0.2, 0.25) is 5.02 Å². The molecule has 0 unspecified atom stereocenters. The monoisotopic (exact) mass is 403 g/mol. The SMILES string of the molecule is CCOc1ccc(/C=C/C(=O)OCC(=O)Nc2cc(C)c(Cl)cc2OC)cc1. The summed E-state index contributed by atoms with van der Waals surface area (Å²) in [4.78, 5) is 23.8. The maximum Gasteiger partial charge on any atom is 0.331 e. The lowest BCUT2D eigenvalue weighted by Crippen LogP contribution is -2.20. The Bertz CT molecular complexity index is 862. The van der Waals surface area contributed by atoms with Crippen molar-refractivity contribution in [2.75, 3.05) is 25.6 Å². The molecule has 0 aromatic heterocycles. The fourth-order valence-corrected chi connectivity index (χ4v) is 2.46. The summed E-state index contributed by atoms with van der Waals surface area (Å²) in [5, 5.41) is 3.17. The van der Waals surface area contributed by atoms with Crippen LogP contribution in [0.15, 0.2) is 42.5 Å². The number of benzene rings is 2. The van der Waals surface area contributed by atoms with Crippen molar-refractivity contribution < 1.29 is 23.8 Å². The van der Waals surface area contributed by atoms with Gasteiger partial charge in [-0.15, -0.1) is 0 Å². The Morgan fingerprint density at radius 1 is 1.18 bits per heavy atom. The Morgan fingerprint density at radius 3 is 2.54 bits per heavy atom. The number of esters is 1. The van der Waals surface area contributed by atoms with Crippen LogP contribution >= 0.6 is 11.6 Å². The number of halogens is 1. The van der Waals surface area contributed by atoms with Crippen LogP contribution in [0.5, 0.6) is 11.5 Å². The maximum atomic E-state index is 12.0. The first-order valence-corrected chi connectivity index (χ1v) is 9.02. The molecule has 0 aliphatic rings. The topological polar surface area (TPSA) is 73.9 Å². The van der Waals surface area contributed by atoms with Crippen molar-refractivity contribution in [3.05, 3.63) is 58.6 Å². The van der Waals surface area contributed by atoms with Gasteiger partial charge in [0.2, 0.25) is 0 Å². The summed E-state index contributed by atoms with van der Waals surface area (Å²) in [6.07, 6.45) is 2.86. The van der Waals surface area contributed by atoms with E-state index in [2.05, 4.69) is 5.32 Å². The van der Waals surface area contributed by atoms with Crippen LogP contribution in [-0.4, -0.2) is 32.2 Å². The third kappa shape index (κ3) is 6.32. The molecule has 0 spiro atoms. The molecule has 0 saturated carbocycles. The van der Waals surface area contributed by atoms with Crippen molar-refractivity contribution in [1.82, 2.24) is 0 Å². The minimum absolute atomic E-state index is 0.419. The van der Waals surface area contributed by atoms with Gasteiger partial charge < -0.3 is 19.5 Å². The zero-order chi connectivity index (χ0) is 20.5. The van der Waals surface area contributed by atoms with Gasteiger partial charge in [0.15, 0.2) is 6.61 Å². The Morgan fingerprint density at radius 2 is 1.89 bits per heavy atom. The molecule has 0 aliphatic carbocycles. The number of carbonyl (C=O) groups is 2. The number of rotatable bonds is 8. The van der Waals surface area contributed by atoms with Crippen LogP contribution in [0, 0.1) is 6.92 Å². The summed E-state index contributed by atoms with van der Waals surface area (Å²) in [7, 11) is 1.47. The summed E-state index contributed by atoms with van der Waals surface area (Å²) >= 11 is 6.04. The van der Waals surface area contributed by atoms with E-state index in [1.807, 2.05) is 38.1 Å². The molecule has 0 aliphatic heterocycles. The van der Waals surface area contributed by atoms with E-state index in [1.165, 1.54) is 13.2 Å². The van der Waals surface area contributed by atoms with Gasteiger partial charge in [-0.25, -0.2) is 4.79 Å². The first kappa shape index (κ1) is 21.3. The molecule has 0 heterocycles. The molecule has 6 nitrogen and oxygen atoms in total. The van der Waals surface area contributed by atoms with Crippen molar-refractivity contribution in [3.63, 3.8) is 0 Å². The molecule has 0 radical (unpaired) electrons. The van der Waals surface area contributed by atoms with E-state index < -0.39 is 18.5 Å². The second-order valence-electron chi connectivity index (χ2n) is 5.79. The fourth-order valence-electron chi connectivity index (χ4n) is 2.31. The number of aryl methyl sites for hydroxylation is 1. The first-order valence-electron chi connectivity index (χ1n) is 8.64. The zero-order valence-electron chi connectivity index (χ0n) is 16.0. The Kier molecular flexibility index (Phi) is 7.89. The van der Waals surface area contributed by atoms with Gasteiger partial charge in [0.05, 0.1) is 19.4 Å². The average Bonchev–Trinajstić information content (AvgIpc) is 2.68. The van der Waals surface area contributed by atoms with Crippen molar-refractivity contribution in [2.24, 2.45) is 0 Å². The molecule has 2 rings (SSSR count). The van der Waals surface area contributed by atoms with E-state index >= 15 is 0 Å². The van der Waals surface area contributed by atoms with E-state index in [0.717, 1.165) is 16.9 Å². The average molecular weight is 404 g/mol. The third-order valence-electron chi connectivity index (χ3n) is 3.70. The van der Waals surface area contributed by atoms with Crippen molar-refractivity contribution in [3.8, 4) is 11.5 Å². The largest absolute Gasteiger partial charge is 0.495 e. The number of nitrogens with one attached hydrogen (secondary N) is 1. The van der Waals surface area contributed by atoms with Crippen molar-refractivity contribution in [1.29, 1.82) is 0 Å². The molecular formula is C21H22ClNO5. The van der Waals surface area contributed by atoms with E-state index in [9.17, 15) is 9.59 Å². The maximum absolute atomic E-state index is 12.0. The van der Waals surface area contributed by atoms with Crippen LogP contribution < -0.4 is 14.8 Å². The minimum Gasteiger partial charge on any atom is -0.495 e. The predicted octanol–water partition coefficient (Wildman–Crippen LogP) is 4.25. The molecule has 2 aromatic carbocycles. The molecule has 1 N–H and O–H groups in total. The highest BCUT2D eigenvalue weighted by Crippen LogP contribution is 2.30. The fraction of sp³-hybridized carbons (Fsp3) is 0.238. The van der Waals surface area contributed by atoms with Crippen LogP contribution in [0.25, 0.3) is 6.08 Å². The highest BCUT2D eigenvalue weighted by Gasteiger charge is 2.11. The minimum atomic E-state index is -0.622. The first-order chi connectivity index (χ1) is 13.4. The number of anilines is 1. The van der Waals surface area contributed by atoms with Gasteiger partial charge in [-0.1, -0.05) is 23.7 Å². The van der Waals surface area contributed by atoms with Crippen LogP contribution in [0.3, 0.4) is 0 Å². The summed E-state index contributed by atoms with van der Waals surface area (Å²) in [6.45, 7) is 3.88. The second kappa shape index (κ2) is 10.4. The molecular weight excluding hydrogens is 382 g/mol. The molecule has 0 fully saturated rings. The number of ether oxygens (including phenoxy) is 3. The smallest absolute Gasteiger partial charge is 0.331 e. The molecule has 28 heavy (non-hydrogen) atoms. The third-order valence-corrected chi connectivity index (χ3v) is 4.11. The van der Waals surface area contributed by atoms with Gasteiger partial charge in [0.1, 0.15) is 11.5 Å². The van der Waals surface area contributed by atoms with Crippen LogP contribution in [0.1, 0.15) is 18.1 Å². The highest BCUT2D eigenvalue weighted by molar-refractivity contribution is 6.31. The van der Waals surface area contributed by atoms with E-state index in [4.69, 9.17) is 25.8 Å². The van der Waals surface area contributed by atoms with Gasteiger partial charge >= 0.3 is 5.97 Å². The van der Waals surface area contributed by atoms with Crippen LogP contribution in [-0.2, 0) is 14.3 Å². The lowest BCUT2D eigenvalue weighted by atomic mass is 10.2. The number of hydrogen-bond donors (Lipinski definition) is 1. The van der Waals surface area contributed by atoms with E-state index in [1.54, 1.807) is 18.2 Å². The second-order valence-corrected chi connectivity index (χ2v) is 6.20. The normalized spacial score (nSPS) is 10.6. The zero-order valence-corrected chi connectivity index (χ0v) is 16.7. The Labute approximate surface area is 169 Å². The quantitative estimate of drug-likeness (QED) is 0.526. The molecule has 0 atom stereocenters. The number of carbonyl (C=O) groups excluding carboxylic acids is 2. The standard InChI is InChI=1S/C21H22ClNO5/c1-4-27-16-8-5-15(6-9-16)7-10-21(25)28-13-20(24)23-18-11-14(2)17(22)12-19(18)26-3/h5-12H,4,13H2,1-3H3,(H,23,24)/b10-7+. The van der Waals surface area contributed by atoms with Gasteiger partial charge in [0, 0.05) is 17.2 Å².